The van der Waals surface area contributed by atoms with Gasteiger partial charge in [0.25, 0.3) is 11.5 Å². The average molecular weight is 420 g/mol. The summed E-state index contributed by atoms with van der Waals surface area (Å²) in [6.07, 6.45) is 0. The fraction of sp³-hybridized carbons (Fsp3) is 0.227. The highest BCUT2D eigenvalue weighted by Gasteiger charge is 2.32. The third kappa shape index (κ3) is 2.83. The molecule has 0 atom stereocenters. The van der Waals surface area contributed by atoms with Crippen LogP contribution in [0.3, 0.4) is 0 Å². The molecule has 0 radical (unpaired) electrons. The molecular weight excluding hydrogens is 400 g/mol. The minimum Gasteiger partial charge on any atom is -0.494 e. The van der Waals surface area contributed by atoms with Crippen LogP contribution in [-0.2, 0) is 11.5 Å². The molecule has 0 fully saturated rings. The van der Waals surface area contributed by atoms with Crippen LogP contribution in [0.5, 0.6) is 5.75 Å². The van der Waals surface area contributed by atoms with Crippen LogP contribution >= 0.6 is 11.3 Å². The van der Waals surface area contributed by atoms with Gasteiger partial charge in [-0.3, -0.25) is 14.2 Å². The van der Waals surface area contributed by atoms with Crippen molar-refractivity contribution < 1.29 is 9.53 Å². The van der Waals surface area contributed by atoms with Crippen molar-refractivity contribution >= 4 is 34.2 Å². The van der Waals surface area contributed by atoms with Crippen molar-refractivity contribution in [2.45, 2.75) is 13.6 Å². The SMILES string of the molecule is CCOc1ccc(N2CN=c3s/c(=C4\C(=O)N(C)c5ccccc54)c(=O)n3C2)cc1. The van der Waals surface area contributed by atoms with Crippen LogP contribution in [0.1, 0.15) is 12.5 Å². The van der Waals surface area contributed by atoms with E-state index < -0.39 is 0 Å². The number of nitrogens with zero attached hydrogens (tertiary/aromatic N) is 4. The van der Waals surface area contributed by atoms with E-state index >= 15 is 0 Å². The van der Waals surface area contributed by atoms with Gasteiger partial charge in [0.2, 0.25) is 0 Å². The first kappa shape index (κ1) is 18.6. The number of hydrogen-bond donors (Lipinski definition) is 0. The molecule has 8 heteroatoms. The summed E-state index contributed by atoms with van der Waals surface area (Å²) < 4.78 is 7.59. The van der Waals surface area contributed by atoms with E-state index in [1.807, 2.05) is 60.4 Å². The van der Waals surface area contributed by atoms with Crippen LogP contribution in [0.2, 0.25) is 0 Å². The third-order valence-electron chi connectivity index (χ3n) is 5.35. The quantitative estimate of drug-likeness (QED) is 0.645. The molecule has 30 heavy (non-hydrogen) atoms. The van der Waals surface area contributed by atoms with Gasteiger partial charge in [-0.1, -0.05) is 29.5 Å². The number of ether oxygens (including phenoxy) is 1. The molecule has 2 aromatic carbocycles. The Balaban J connectivity index is 1.57. The van der Waals surface area contributed by atoms with E-state index in [-0.39, 0.29) is 11.5 Å². The molecule has 7 nitrogen and oxygen atoms in total. The number of rotatable bonds is 3. The van der Waals surface area contributed by atoms with E-state index in [2.05, 4.69) is 4.99 Å². The Hall–Kier alpha value is -3.39. The van der Waals surface area contributed by atoms with E-state index in [1.165, 1.54) is 11.3 Å². The van der Waals surface area contributed by atoms with Gasteiger partial charge in [-0.15, -0.1) is 0 Å². The first-order valence-electron chi connectivity index (χ1n) is 9.72. The summed E-state index contributed by atoms with van der Waals surface area (Å²) in [5, 5.41) is 0. The maximum absolute atomic E-state index is 13.3. The Labute approximate surface area is 176 Å². The van der Waals surface area contributed by atoms with Gasteiger partial charge in [-0.25, -0.2) is 4.99 Å². The number of carbonyl (C=O) groups is 1. The number of fused-ring (bicyclic) bond motifs is 2. The molecule has 0 N–H and O–H groups in total. The fourth-order valence-electron chi connectivity index (χ4n) is 3.83. The minimum atomic E-state index is -0.178. The van der Waals surface area contributed by atoms with Crippen molar-refractivity contribution in [3.8, 4) is 5.75 Å². The van der Waals surface area contributed by atoms with Gasteiger partial charge in [0.15, 0.2) is 4.80 Å². The molecule has 2 aliphatic heterocycles. The number of thiazole rings is 1. The zero-order chi connectivity index (χ0) is 20.8. The van der Waals surface area contributed by atoms with Gasteiger partial charge in [-0.2, -0.15) is 0 Å². The summed E-state index contributed by atoms with van der Waals surface area (Å²) in [4.78, 5) is 35.0. The number of amides is 1. The second-order valence-electron chi connectivity index (χ2n) is 7.11. The summed E-state index contributed by atoms with van der Waals surface area (Å²) >= 11 is 1.29. The van der Waals surface area contributed by atoms with Crippen LogP contribution in [0.15, 0.2) is 58.3 Å². The lowest BCUT2D eigenvalue weighted by Crippen LogP contribution is -2.43. The Kier molecular flexibility index (Phi) is 4.43. The summed E-state index contributed by atoms with van der Waals surface area (Å²) in [6, 6.07) is 15.3. The van der Waals surface area contributed by atoms with Gasteiger partial charge in [-0.05, 0) is 37.3 Å². The van der Waals surface area contributed by atoms with Crippen LogP contribution in [-0.4, -0.2) is 30.8 Å². The van der Waals surface area contributed by atoms with Crippen molar-refractivity contribution in [3.63, 3.8) is 0 Å². The summed E-state index contributed by atoms with van der Waals surface area (Å²) in [5.41, 5.74) is 2.86. The van der Waals surface area contributed by atoms with Crippen LogP contribution in [0.4, 0.5) is 11.4 Å². The molecule has 0 spiro atoms. The first-order valence-corrected chi connectivity index (χ1v) is 10.5. The number of benzene rings is 2. The zero-order valence-corrected chi connectivity index (χ0v) is 17.5. The standard InChI is InChI=1S/C22H20N4O3S/c1-3-29-15-10-8-14(9-11-15)25-12-23-22-26(13-25)21(28)19(30-22)18-16-6-4-5-7-17(16)24(2)20(18)27/h4-11H,3,12-13H2,1-2H3/b19-18-. The van der Waals surface area contributed by atoms with Crippen LogP contribution < -0.4 is 29.4 Å². The maximum atomic E-state index is 13.3. The largest absolute Gasteiger partial charge is 0.494 e. The Morgan fingerprint density at radius 2 is 1.87 bits per heavy atom. The number of hydrogen-bond acceptors (Lipinski definition) is 6. The monoisotopic (exact) mass is 420 g/mol. The maximum Gasteiger partial charge on any atom is 0.272 e. The lowest BCUT2D eigenvalue weighted by Gasteiger charge is -2.25. The Morgan fingerprint density at radius 3 is 2.63 bits per heavy atom. The molecule has 3 heterocycles. The van der Waals surface area contributed by atoms with E-state index in [1.54, 1.807) is 16.5 Å². The Bertz CT molecular complexity index is 1320. The van der Waals surface area contributed by atoms with Gasteiger partial charge in [0.05, 0.1) is 17.9 Å². The number of anilines is 2. The van der Waals surface area contributed by atoms with Crippen molar-refractivity contribution in [1.82, 2.24) is 4.57 Å². The molecule has 5 rings (SSSR count). The Morgan fingerprint density at radius 1 is 1.10 bits per heavy atom. The molecule has 1 amide bonds. The molecular formula is C22H20N4O3S. The average Bonchev–Trinajstić information content (AvgIpc) is 3.22. The molecule has 0 saturated carbocycles. The van der Waals surface area contributed by atoms with Crippen LogP contribution in [0.25, 0.3) is 5.57 Å². The van der Waals surface area contributed by atoms with Crippen LogP contribution in [0, 0.1) is 0 Å². The molecule has 0 aliphatic carbocycles. The van der Waals surface area contributed by atoms with Crippen molar-refractivity contribution in [1.29, 1.82) is 0 Å². The highest BCUT2D eigenvalue weighted by atomic mass is 32.1. The van der Waals surface area contributed by atoms with E-state index in [9.17, 15) is 9.59 Å². The second kappa shape index (κ2) is 7.14. The van der Waals surface area contributed by atoms with Crippen molar-refractivity contribution in [2.24, 2.45) is 4.99 Å². The zero-order valence-electron chi connectivity index (χ0n) is 16.7. The number of carbonyl (C=O) groups excluding carboxylic acids is 1. The fourth-order valence-corrected chi connectivity index (χ4v) is 4.89. The lowest BCUT2D eigenvalue weighted by atomic mass is 10.1. The van der Waals surface area contributed by atoms with Gasteiger partial charge < -0.3 is 14.5 Å². The lowest BCUT2D eigenvalue weighted by molar-refractivity contribution is -0.112. The molecule has 152 valence electrons. The highest BCUT2D eigenvalue weighted by Crippen LogP contribution is 2.33. The smallest absolute Gasteiger partial charge is 0.272 e. The minimum absolute atomic E-state index is 0.157. The third-order valence-corrected chi connectivity index (χ3v) is 6.46. The van der Waals surface area contributed by atoms with Gasteiger partial charge >= 0.3 is 0 Å². The van der Waals surface area contributed by atoms with E-state index in [0.29, 0.717) is 34.9 Å². The van der Waals surface area contributed by atoms with E-state index in [4.69, 9.17) is 4.74 Å². The molecule has 2 aliphatic rings. The number of likely N-dealkylation sites (N-methyl/N-ethyl adjacent to an activating group) is 1. The predicted octanol–water partition coefficient (Wildman–Crippen LogP) is 1.54. The number of para-hydroxylation sites is 1. The normalized spacial score (nSPS) is 16.9. The molecule has 3 aromatic rings. The summed E-state index contributed by atoms with van der Waals surface area (Å²) in [6.45, 7) is 3.40. The molecule has 1 aromatic heterocycles. The molecule has 0 bridgehead atoms. The summed E-state index contributed by atoms with van der Waals surface area (Å²) in [5.74, 6) is 0.653. The summed E-state index contributed by atoms with van der Waals surface area (Å²) in [7, 11) is 1.73. The topological polar surface area (TPSA) is 67.1 Å². The van der Waals surface area contributed by atoms with Gasteiger partial charge in [0, 0.05) is 18.3 Å². The first-order chi connectivity index (χ1) is 14.6. The van der Waals surface area contributed by atoms with Gasteiger partial charge in [0.1, 0.15) is 23.6 Å². The molecule has 0 saturated heterocycles. The van der Waals surface area contributed by atoms with Crippen molar-refractivity contribution in [2.75, 3.05) is 30.1 Å². The highest BCUT2D eigenvalue weighted by molar-refractivity contribution is 7.07. The van der Waals surface area contributed by atoms with E-state index in [0.717, 1.165) is 22.7 Å². The predicted molar refractivity (Wildman–Crippen MR) is 117 cm³/mol. The number of aromatic nitrogens is 1. The molecule has 0 unspecified atom stereocenters. The van der Waals surface area contributed by atoms with Crippen molar-refractivity contribution in [3.05, 3.63) is 73.8 Å². The second-order valence-corrected chi connectivity index (χ2v) is 8.09.